The molecule has 0 bridgehead atoms. The van der Waals surface area contributed by atoms with Gasteiger partial charge in [0.25, 0.3) is 0 Å². The van der Waals surface area contributed by atoms with E-state index < -0.39 is 5.97 Å². The summed E-state index contributed by atoms with van der Waals surface area (Å²) in [6.45, 7) is 4.52. The topological polar surface area (TPSA) is 73.7 Å². The first kappa shape index (κ1) is 13.3. The maximum Gasteiger partial charge on any atom is 0.354 e. The van der Waals surface area contributed by atoms with Crippen LogP contribution in [0.2, 0.25) is 0 Å². The van der Waals surface area contributed by atoms with Gasteiger partial charge in [-0.05, 0) is 18.6 Å². The standard InChI is InChI=1S/C13H17N3O3/c1-10(17)15-5-2-6-16(8-7-15)11-3-4-14-12(9-11)13(18)19/h3-4,9H,2,5-8H2,1H3,(H,18,19). The Kier molecular flexibility index (Phi) is 3.99. The molecule has 0 saturated carbocycles. The molecule has 1 saturated heterocycles. The summed E-state index contributed by atoms with van der Waals surface area (Å²) in [4.78, 5) is 30.0. The highest BCUT2D eigenvalue weighted by molar-refractivity contribution is 5.86. The van der Waals surface area contributed by atoms with Gasteiger partial charge in [-0.2, -0.15) is 0 Å². The summed E-state index contributed by atoms with van der Waals surface area (Å²) < 4.78 is 0. The minimum Gasteiger partial charge on any atom is -0.477 e. The van der Waals surface area contributed by atoms with Crippen molar-refractivity contribution in [3.05, 3.63) is 24.0 Å². The van der Waals surface area contributed by atoms with Gasteiger partial charge in [-0.1, -0.05) is 0 Å². The van der Waals surface area contributed by atoms with Crippen LogP contribution in [0.5, 0.6) is 0 Å². The Hall–Kier alpha value is -2.11. The van der Waals surface area contributed by atoms with Gasteiger partial charge in [0.2, 0.25) is 5.91 Å². The fourth-order valence-corrected chi connectivity index (χ4v) is 2.22. The van der Waals surface area contributed by atoms with Gasteiger partial charge in [-0.15, -0.1) is 0 Å². The third kappa shape index (κ3) is 3.21. The number of pyridine rings is 1. The Morgan fingerprint density at radius 1 is 1.26 bits per heavy atom. The summed E-state index contributed by atoms with van der Waals surface area (Å²) in [5.74, 6) is -0.940. The van der Waals surface area contributed by atoms with Gasteiger partial charge in [0.05, 0.1) is 0 Å². The SMILES string of the molecule is CC(=O)N1CCCN(c2ccnc(C(=O)O)c2)CC1. The van der Waals surface area contributed by atoms with E-state index in [1.165, 1.54) is 6.20 Å². The zero-order valence-electron chi connectivity index (χ0n) is 10.9. The predicted molar refractivity (Wildman–Crippen MR) is 70.3 cm³/mol. The van der Waals surface area contributed by atoms with E-state index in [9.17, 15) is 9.59 Å². The molecule has 0 aliphatic carbocycles. The van der Waals surface area contributed by atoms with E-state index in [0.717, 1.165) is 25.2 Å². The summed E-state index contributed by atoms with van der Waals surface area (Å²) in [7, 11) is 0. The second-order valence-corrected chi connectivity index (χ2v) is 4.55. The van der Waals surface area contributed by atoms with E-state index in [1.54, 1.807) is 19.1 Å². The number of rotatable bonds is 2. The van der Waals surface area contributed by atoms with Gasteiger partial charge >= 0.3 is 5.97 Å². The highest BCUT2D eigenvalue weighted by Crippen LogP contribution is 2.17. The van der Waals surface area contributed by atoms with Crippen LogP contribution in [0, 0.1) is 0 Å². The Labute approximate surface area is 111 Å². The molecule has 1 aromatic rings. The third-order valence-corrected chi connectivity index (χ3v) is 3.27. The van der Waals surface area contributed by atoms with Crippen molar-refractivity contribution in [3.8, 4) is 0 Å². The maximum atomic E-state index is 11.4. The molecular weight excluding hydrogens is 246 g/mol. The lowest BCUT2D eigenvalue weighted by atomic mass is 10.2. The molecule has 0 radical (unpaired) electrons. The molecule has 0 unspecified atom stereocenters. The molecule has 1 aliphatic rings. The number of carbonyl (C=O) groups excluding carboxylic acids is 1. The number of hydrogen-bond donors (Lipinski definition) is 1. The number of anilines is 1. The molecule has 1 N–H and O–H groups in total. The molecule has 0 aromatic carbocycles. The summed E-state index contributed by atoms with van der Waals surface area (Å²) >= 11 is 0. The molecule has 19 heavy (non-hydrogen) atoms. The molecular formula is C13H17N3O3. The summed E-state index contributed by atoms with van der Waals surface area (Å²) in [5, 5.41) is 8.94. The quantitative estimate of drug-likeness (QED) is 0.855. The molecule has 2 heterocycles. The molecule has 6 heteroatoms. The van der Waals surface area contributed by atoms with Crippen molar-refractivity contribution >= 4 is 17.6 Å². The molecule has 2 rings (SSSR count). The molecule has 0 atom stereocenters. The summed E-state index contributed by atoms with van der Waals surface area (Å²) in [6.07, 6.45) is 2.39. The first-order valence-electron chi connectivity index (χ1n) is 6.28. The molecule has 1 fully saturated rings. The van der Waals surface area contributed by atoms with Crippen LogP contribution in [-0.2, 0) is 4.79 Å². The van der Waals surface area contributed by atoms with Gasteiger partial charge in [-0.3, -0.25) is 4.79 Å². The smallest absolute Gasteiger partial charge is 0.354 e. The van der Waals surface area contributed by atoms with Crippen molar-refractivity contribution in [2.24, 2.45) is 0 Å². The lowest BCUT2D eigenvalue weighted by Crippen LogP contribution is -2.33. The van der Waals surface area contributed by atoms with Gasteiger partial charge in [-0.25, -0.2) is 9.78 Å². The van der Waals surface area contributed by atoms with Gasteiger partial charge in [0.15, 0.2) is 0 Å². The third-order valence-electron chi connectivity index (χ3n) is 3.27. The number of carbonyl (C=O) groups is 2. The Bertz CT molecular complexity index is 490. The zero-order chi connectivity index (χ0) is 13.8. The van der Waals surface area contributed by atoms with Crippen molar-refractivity contribution < 1.29 is 14.7 Å². The Morgan fingerprint density at radius 3 is 2.74 bits per heavy atom. The van der Waals surface area contributed by atoms with Crippen molar-refractivity contribution in [1.29, 1.82) is 0 Å². The fraction of sp³-hybridized carbons (Fsp3) is 0.462. The maximum absolute atomic E-state index is 11.4. The van der Waals surface area contributed by atoms with E-state index in [0.29, 0.717) is 13.1 Å². The van der Waals surface area contributed by atoms with E-state index in [1.807, 2.05) is 4.90 Å². The molecule has 1 aromatic heterocycles. The van der Waals surface area contributed by atoms with Gasteiger partial charge in [0, 0.05) is 45.0 Å². The summed E-state index contributed by atoms with van der Waals surface area (Å²) in [6, 6.07) is 3.38. The lowest BCUT2D eigenvalue weighted by Gasteiger charge is -2.23. The number of nitrogens with zero attached hydrogens (tertiary/aromatic N) is 3. The number of amides is 1. The van der Waals surface area contributed by atoms with E-state index in [4.69, 9.17) is 5.11 Å². The Balaban J connectivity index is 2.12. The van der Waals surface area contributed by atoms with Gasteiger partial charge < -0.3 is 14.9 Å². The molecule has 102 valence electrons. The minimum absolute atomic E-state index is 0.0465. The first-order chi connectivity index (χ1) is 9.08. The van der Waals surface area contributed by atoms with Crippen LogP contribution in [0.25, 0.3) is 0 Å². The molecule has 1 aliphatic heterocycles. The molecule has 6 nitrogen and oxygen atoms in total. The Morgan fingerprint density at radius 2 is 2.05 bits per heavy atom. The monoisotopic (exact) mass is 263 g/mol. The number of carboxylic acid groups (broad SMARTS) is 1. The van der Waals surface area contributed by atoms with Crippen molar-refractivity contribution in [2.45, 2.75) is 13.3 Å². The van der Waals surface area contributed by atoms with E-state index in [2.05, 4.69) is 9.88 Å². The van der Waals surface area contributed by atoms with E-state index in [-0.39, 0.29) is 11.6 Å². The van der Waals surface area contributed by atoms with Gasteiger partial charge in [0.1, 0.15) is 5.69 Å². The van der Waals surface area contributed by atoms with E-state index >= 15 is 0 Å². The second-order valence-electron chi connectivity index (χ2n) is 4.55. The first-order valence-corrected chi connectivity index (χ1v) is 6.28. The van der Waals surface area contributed by atoms with Crippen LogP contribution < -0.4 is 4.90 Å². The molecule has 1 amide bonds. The second kappa shape index (κ2) is 5.69. The minimum atomic E-state index is -1.03. The highest BCUT2D eigenvalue weighted by Gasteiger charge is 2.17. The normalized spacial score (nSPS) is 16.1. The van der Waals surface area contributed by atoms with Crippen molar-refractivity contribution in [1.82, 2.24) is 9.88 Å². The average Bonchev–Trinajstić information content (AvgIpc) is 2.64. The van der Waals surface area contributed by atoms with Crippen molar-refractivity contribution in [2.75, 3.05) is 31.1 Å². The highest BCUT2D eigenvalue weighted by atomic mass is 16.4. The van der Waals surface area contributed by atoms with Crippen molar-refractivity contribution in [3.63, 3.8) is 0 Å². The number of aromatic nitrogens is 1. The lowest BCUT2D eigenvalue weighted by molar-refractivity contribution is -0.128. The predicted octanol–water partition coefficient (Wildman–Crippen LogP) is 0.838. The van der Waals surface area contributed by atoms with Crippen LogP contribution in [0.15, 0.2) is 18.3 Å². The van der Waals surface area contributed by atoms with Crippen LogP contribution in [0.3, 0.4) is 0 Å². The van der Waals surface area contributed by atoms with Crippen LogP contribution in [-0.4, -0.2) is 53.0 Å². The number of carboxylic acids is 1. The van der Waals surface area contributed by atoms with Crippen LogP contribution >= 0.6 is 0 Å². The fourth-order valence-electron chi connectivity index (χ4n) is 2.22. The largest absolute Gasteiger partial charge is 0.477 e. The average molecular weight is 263 g/mol. The zero-order valence-corrected chi connectivity index (χ0v) is 10.9. The molecule has 0 spiro atoms. The van der Waals surface area contributed by atoms with Crippen LogP contribution in [0.1, 0.15) is 23.8 Å². The number of aromatic carboxylic acids is 1. The van der Waals surface area contributed by atoms with Crippen LogP contribution in [0.4, 0.5) is 5.69 Å². The summed E-state index contributed by atoms with van der Waals surface area (Å²) in [5.41, 5.74) is 0.892. The number of hydrogen-bond acceptors (Lipinski definition) is 4.